The summed E-state index contributed by atoms with van der Waals surface area (Å²) in [7, 11) is 0. The molecule has 0 fully saturated rings. The summed E-state index contributed by atoms with van der Waals surface area (Å²) in [5, 5.41) is 0. The Morgan fingerprint density at radius 3 is 2.94 bits per heavy atom. The van der Waals surface area contributed by atoms with Crippen molar-refractivity contribution in [3.8, 4) is 0 Å². The van der Waals surface area contributed by atoms with E-state index in [-0.39, 0.29) is 0 Å². The molecule has 1 heterocycles. The summed E-state index contributed by atoms with van der Waals surface area (Å²) in [5.41, 5.74) is 1.03. The van der Waals surface area contributed by atoms with Crippen LogP contribution in [0.3, 0.4) is 0 Å². The largest absolute Gasteiger partial charge is 0.421 e. The van der Waals surface area contributed by atoms with E-state index >= 15 is 0 Å². The minimum absolute atomic E-state index is 0.391. The van der Waals surface area contributed by atoms with Crippen LogP contribution in [-0.2, 0) is 9.53 Å². The van der Waals surface area contributed by atoms with E-state index in [9.17, 15) is 9.59 Å². The van der Waals surface area contributed by atoms with Crippen LogP contribution < -0.4 is 0 Å². The van der Waals surface area contributed by atoms with Gasteiger partial charge in [0.05, 0.1) is 11.1 Å². The number of hydrogen-bond acceptors (Lipinski definition) is 4. The molecule has 0 radical (unpaired) electrons. The number of carbonyl (C=O) groups excluding carboxylic acids is 2. The Balaban J connectivity index is 2.10. The number of rotatable bonds is 1. The van der Waals surface area contributed by atoms with Gasteiger partial charge in [-0.05, 0) is 25.0 Å². The van der Waals surface area contributed by atoms with Crippen LogP contribution in [0.15, 0.2) is 51.5 Å². The number of aldehydes is 1. The van der Waals surface area contributed by atoms with Crippen molar-refractivity contribution in [2.75, 3.05) is 0 Å². The van der Waals surface area contributed by atoms with E-state index in [4.69, 9.17) is 4.74 Å². The van der Waals surface area contributed by atoms with Gasteiger partial charge in [-0.1, -0.05) is 30.0 Å². The highest BCUT2D eigenvalue weighted by Gasteiger charge is 2.27. The first-order valence-corrected chi connectivity index (χ1v) is 6.49. The smallest absolute Gasteiger partial charge is 0.344 e. The molecule has 0 unspecified atom stereocenters. The lowest BCUT2D eigenvalue weighted by Gasteiger charge is -2.14. The molecular weight excluding hydrogens is 248 g/mol. The molecule has 0 saturated carbocycles. The lowest BCUT2D eigenvalue weighted by molar-refractivity contribution is -0.104. The predicted octanol–water partition coefficient (Wildman–Crippen LogP) is 3.08. The molecule has 0 N–H and O–H groups in total. The molecule has 0 aromatic heterocycles. The Bertz CT molecular complexity index is 599. The third kappa shape index (κ3) is 1.78. The lowest BCUT2D eigenvalue weighted by Crippen LogP contribution is -2.09. The average Bonchev–Trinajstić information content (AvgIpc) is 2.54. The maximum Gasteiger partial charge on any atom is 0.344 e. The van der Waals surface area contributed by atoms with Crippen LogP contribution in [0.1, 0.15) is 23.2 Å². The molecular formula is C14H10O3S. The van der Waals surface area contributed by atoms with Crippen molar-refractivity contribution in [1.29, 1.82) is 0 Å². The fourth-order valence-electron chi connectivity index (χ4n) is 2.05. The Hall–Kier alpha value is -1.81. The fraction of sp³-hybridized carbons (Fsp3) is 0.143. The molecule has 18 heavy (non-hydrogen) atoms. The van der Waals surface area contributed by atoms with Gasteiger partial charge in [-0.3, -0.25) is 4.79 Å². The van der Waals surface area contributed by atoms with Crippen LogP contribution in [-0.4, -0.2) is 12.3 Å². The second kappa shape index (κ2) is 4.46. The number of carbonyl (C=O) groups is 2. The van der Waals surface area contributed by atoms with E-state index in [1.807, 2.05) is 18.2 Å². The van der Waals surface area contributed by atoms with Crippen molar-refractivity contribution in [3.05, 3.63) is 52.1 Å². The van der Waals surface area contributed by atoms with Gasteiger partial charge in [0.25, 0.3) is 0 Å². The first kappa shape index (κ1) is 11.3. The zero-order valence-corrected chi connectivity index (χ0v) is 10.3. The highest BCUT2D eigenvalue weighted by atomic mass is 32.2. The minimum Gasteiger partial charge on any atom is -0.421 e. The van der Waals surface area contributed by atoms with Gasteiger partial charge in [0, 0.05) is 9.80 Å². The van der Waals surface area contributed by atoms with Gasteiger partial charge < -0.3 is 4.74 Å². The fourth-order valence-corrected chi connectivity index (χ4v) is 3.19. The van der Waals surface area contributed by atoms with Gasteiger partial charge >= 0.3 is 5.97 Å². The predicted molar refractivity (Wildman–Crippen MR) is 68.1 cm³/mol. The summed E-state index contributed by atoms with van der Waals surface area (Å²) in [6.45, 7) is 0. The molecule has 90 valence electrons. The third-order valence-electron chi connectivity index (χ3n) is 2.91. The lowest BCUT2D eigenvalue weighted by atomic mass is 10.1. The standard InChI is InChI=1S/C14H10O3S/c15-8-9-4-3-7-12-13(9)17-14(16)10-5-1-2-6-11(10)18-12/h1-2,4-6,8H,3,7H2. The van der Waals surface area contributed by atoms with Gasteiger partial charge in [-0.15, -0.1) is 0 Å². The molecule has 3 rings (SSSR count). The van der Waals surface area contributed by atoms with E-state index in [1.54, 1.807) is 12.1 Å². The number of thioether (sulfide) groups is 1. The monoisotopic (exact) mass is 258 g/mol. The SMILES string of the molecule is O=CC1=CCCC2=C1OC(=O)c1ccccc1S2. The van der Waals surface area contributed by atoms with Crippen LogP contribution in [0.4, 0.5) is 0 Å². The second-order valence-electron chi connectivity index (χ2n) is 4.06. The van der Waals surface area contributed by atoms with Crippen molar-refractivity contribution < 1.29 is 14.3 Å². The molecule has 4 heteroatoms. The quantitative estimate of drug-likeness (QED) is 0.573. The number of hydrogen-bond donors (Lipinski definition) is 0. The van der Waals surface area contributed by atoms with Gasteiger partial charge in [0.15, 0.2) is 12.0 Å². The second-order valence-corrected chi connectivity index (χ2v) is 5.19. The summed E-state index contributed by atoms with van der Waals surface area (Å²) in [6, 6.07) is 7.34. The third-order valence-corrected chi connectivity index (χ3v) is 4.12. The molecule has 0 saturated heterocycles. The van der Waals surface area contributed by atoms with E-state index in [2.05, 4.69) is 0 Å². The molecule has 2 aliphatic rings. The van der Waals surface area contributed by atoms with Crippen molar-refractivity contribution in [3.63, 3.8) is 0 Å². The maximum atomic E-state index is 12.0. The Morgan fingerprint density at radius 2 is 2.11 bits per heavy atom. The minimum atomic E-state index is -0.391. The Kier molecular flexibility index (Phi) is 2.80. The molecule has 0 atom stereocenters. The highest BCUT2D eigenvalue weighted by molar-refractivity contribution is 8.03. The number of allylic oxidation sites excluding steroid dienone is 3. The van der Waals surface area contributed by atoms with Crippen molar-refractivity contribution in [2.45, 2.75) is 17.7 Å². The summed E-state index contributed by atoms with van der Waals surface area (Å²) < 4.78 is 5.37. The molecule has 1 aliphatic carbocycles. The summed E-state index contributed by atoms with van der Waals surface area (Å²) in [4.78, 5) is 24.9. The van der Waals surface area contributed by atoms with E-state index in [0.29, 0.717) is 16.9 Å². The summed E-state index contributed by atoms with van der Waals surface area (Å²) in [6.07, 6.45) is 4.17. The first-order valence-electron chi connectivity index (χ1n) is 5.67. The van der Waals surface area contributed by atoms with Crippen LogP contribution in [0.5, 0.6) is 0 Å². The summed E-state index contributed by atoms with van der Waals surface area (Å²) in [5.74, 6) is 0.0419. The molecule has 0 bridgehead atoms. The zero-order valence-electron chi connectivity index (χ0n) is 9.51. The van der Waals surface area contributed by atoms with Gasteiger partial charge in [-0.2, -0.15) is 0 Å². The number of benzene rings is 1. The van der Waals surface area contributed by atoms with Gasteiger partial charge in [-0.25, -0.2) is 4.79 Å². The van der Waals surface area contributed by atoms with E-state index in [0.717, 1.165) is 28.9 Å². The Morgan fingerprint density at radius 1 is 1.28 bits per heavy atom. The maximum absolute atomic E-state index is 12.0. The van der Waals surface area contributed by atoms with Crippen LogP contribution in [0.25, 0.3) is 0 Å². The van der Waals surface area contributed by atoms with E-state index < -0.39 is 5.97 Å². The molecule has 1 aromatic carbocycles. The van der Waals surface area contributed by atoms with Crippen molar-refractivity contribution in [2.24, 2.45) is 0 Å². The Labute approximate surface area is 109 Å². The first-order chi connectivity index (χ1) is 8.79. The normalized spacial score (nSPS) is 18.2. The summed E-state index contributed by atoms with van der Waals surface area (Å²) >= 11 is 1.52. The van der Waals surface area contributed by atoms with E-state index in [1.165, 1.54) is 11.8 Å². The van der Waals surface area contributed by atoms with Crippen molar-refractivity contribution in [1.82, 2.24) is 0 Å². The topological polar surface area (TPSA) is 43.4 Å². The average molecular weight is 258 g/mol. The van der Waals surface area contributed by atoms with Gasteiger partial charge in [0.1, 0.15) is 0 Å². The van der Waals surface area contributed by atoms with Crippen LogP contribution in [0.2, 0.25) is 0 Å². The number of esters is 1. The van der Waals surface area contributed by atoms with Crippen molar-refractivity contribution >= 4 is 24.0 Å². The molecule has 3 nitrogen and oxygen atoms in total. The van der Waals surface area contributed by atoms with Crippen LogP contribution >= 0.6 is 11.8 Å². The molecule has 1 aliphatic heterocycles. The molecule has 0 amide bonds. The highest BCUT2D eigenvalue weighted by Crippen LogP contribution is 2.41. The van der Waals surface area contributed by atoms with Gasteiger partial charge in [0.2, 0.25) is 0 Å². The number of ether oxygens (including phenoxy) is 1. The number of fused-ring (bicyclic) bond motifs is 1. The molecule has 0 spiro atoms. The zero-order chi connectivity index (χ0) is 12.5. The van der Waals surface area contributed by atoms with Crippen LogP contribution in [0, 0.1) is 0 Å². The molecule has 1 aromatic rings.